The summed E-state index contributed by atoms with van der Waals surface area (Å²) < 4.78 is 5.47. The van der Waals surface area contributed by atoms with Gasteiger partial charge in [0.2, 0.25) is 0 Å². The molecule has 0 N–H and O–H groups in total. The van der Waals surface area contributed by atoms with Crippen molar-refractivity contribution in [2.24, 2.45) is 0 Å². The number of hydrogen-bond acceptors (Lipinski definition) is 2. The van der Waals surface area contributed by atoms with E-state index in [9.17, 15) is 4.79 Å². The van der Waals surface area contributed by atoms with Crippen LogP contribution in [0.5, 0.6) is 0 Å². The van der Waals surface area contributed by atoms with Crippen LogP contribution in [0.15, 0.2) is 0 Å². The smallest absolute Gasteiger partial charge is 0.305 e. The Labute approximate surface area is 317 Å². The molecule has 0 unspecified atom stereocenters. The standard InChI is InChI=1S/C48H96O2/c1-3-5-7-9-11-13-15-17-19-20-21-22-23-24-25-26-27-28-29-30-31-32-33-34-36-38-40-42-44-46-48(49)50-47-45-43-41-39-37-35-18-16-14-12-10-8-6-4-2/h3-47H2,1-2H3. The van der Waals surface area contributed by atoms with Crippen LogP contribution < -0.4 is 0 Å². The molecule has 0 saturated carbocycles. The highest BCUT2D eigenvalue weighted by atomic mass is 16.5. The number of hydrogen-bond donors (Lipinski definition) is 0. The fraction of sp³-hybridized carbons (Fsp3) is 0.979. The van der Waals surface area contributed by atoms with Crippen molar-refractivity contribution in [1.82, 2.24) is 0 Å². The summed E-state index contributed by atoms with van der Waals surface area (Å²) in [6, 6.07) is 0. The van der Waals surface area contributed by atoms with Crippen LogP contribution in [0.2, 0.25) is 0 Å². The van der Waals surface area contributed by atoms with Gasteiger partial charge >= 0.3 is 5.97 Å². The first-order valence-electron chi connectivity index (χ1n) is 24.0. The lowest BCUT2D eigenvalue weighted by atomic mass is 10.0. The van der Waals surface area contributed by atoms with E-state index in [0.29, 0.717) is 13.0 Å². The lowest BCUT2D eigenvalue weighted by Gasteiger charge is -2.06. The zero-order valence-electron chi connectivity index (χ0n) is 35.1. The third kappa shape index (κ3) is 45.5. The van der Waals surface area contributed by atoms with Gasteiger partial charge in [-0.2, -0.15) is 0 Å². The number of carbonyl (C=O) groups excluding carboxylic acids is 1. The molecule has 0 bridgehead atoms. The lowest BCUT2D eigenvalue weighted by molar-refractivity contribution is -0.143. The highest BCUT2D eigenvalue weighted by molar-refractivity contribution is 5.69. The molecule has 0 heterocycles. The van der Waals surface area contributed by atoms with Gasteiger partial charge in [0.25, 0.3) is 0 Å². The topological polar surface area (TPSA) is 26.3 Å². The minimum absolute atomic E-state index is 0.0321. The number of carbonyl (C=O) groups is 1. The Balaban J connectivity index is 3.13. The molecule has 0 aromatic heterocycles. The van der Waals surface area contributed by atoms with Crippen LogP contribution in [-0.4, -0.2) is 12.6 Å². The largest absolute Gasteiger partial charge is 0.466 e. The Kier molecular flexibility index (Phi) is 46.0. The highest BCUT2D eigenvalue weighted by Crippen LogP contribution is 2.17. The van der Waals surface area contributed by atoms with Crippen LogP contribution in [-0.2, 0) is 9.53 Å². The summed E-state index contributed by atoms with van der Waals surface area (Å²) in [5.74, 6) is 0.0321. The van der Waals surface area contributed by atoms with E-state index in [1.165, 1.54) is 263 Å². The molecule has 2 heteroatoms. The van der Waals surface area contributed by atoms with Gasteiger partial charge in [-0.1, -0.05) is 277 Å². The van der Waals surface area contributed by atoms with Crippen LogP contribution in [0.3, 0.4) is 0 Å². The van der Waals surface area contributed by atoms with Gasteiger partial charge in [-0.05, 0) is 12.8 Å². The zero-order valence-corrected chi connectivity index (χ0v) is 35.1. The van der Waals surface area contributed by atoms with Gasteiger partial charge in [0, 0.05) is 6.42 Å². The summed E-state index contributed by atoms with van der Waals surface area (Å²) in [7, 11) is 0. The molecule has 0 saturated heterocycles. The minimum Gasteiger partial charge on any atom is -0.466 e. The number of ether oxygens (including phenoxy) is 1. The Morgan fingerprint density at radius 3 is 0.660 bits per heavy atom. The molecular weight excluding hydrogens is 609 g/mol. The fourth-order valence-electron chi connectivity index (χ4n) is 7.67. The predicted molar refractivity (Wildman–Crippen MR) is 225 cm³/mol. The molecule has 0 aliphatic rings. The molecule has 50 heavy (non-hydrogen) atoms. The Hall–Kier alpha value is -0.530. The van der Waals surface area contributed by atoms with E-state index in [2.05, 4.69) is 13.8 Å². The van der Waals surface area contributed by atoms with Crippen molar-refractivity contribution in [3.63, 3.8) is 0 Å². The van der Waals surface area contributed by atoms with Gasteiger partial charge in [0.15, 0.2) is 0 Å². The molecule has 0 aromatic carbocycles. The average Bonchev–Trinajstić information content (AvgIpc) is 3.12. The van der Waals surface area contributed by atoms with Gasteiger partial charge in [-0.25, -0.2) is 0 Å². The van der Waals surface area contributed by atoms with Crippen molar-refractivity contribution >= 4 is 5.97 Å². The summed E-state index contributed by atoms with van der Waals surface area (Å²) in [6.45, 7) is 5.23. The van der Waals surface area contributed by atoms with Crippen LogP contribution in [0.25, 0.3) is 0 Å². The van der Waals surface area contributed by atoms with Crippen molar-refractivity contribution in [3.8, 4) is 0 Å². The molecule has 0 spiro atoms. The van der Waals surface area contributed by atoms with Crippen molar-refractivity contribution in [2.45, 2.75) is 296 Å². The Morgan fingerprint density at radius 2 is 0.440 bits per heavy atom. The van der Waals surface area contributed by atoms with Crippen LogP contribution in [0, 0.1) is 0 Å². The molecule has 0 radical (unpaired) electrons. The molecule has 0 amide bonds. The van der Waals surface area contributed by atoms with Crippen molar-refractivity contribution < 1.29 is 9.53 Å². The first-order valence-corrected chi connectivity index (χ1v) is 24.0. The lowest BCUT2D eigenvalue weighted by Crippen LogP contribution is -2.05. The molecule has 0 aliphatic heterocycles. The van der Waals surface area contributed by atoms with E-state index >= 15 is 0 Å². The van der Waals surface area contributed by atoms with E-state index in [1.807, 2.05) is 0 Å². The van der Waals surface area contributed by atoms with Crippen molar-refractivity contribution in [2.75, 3.05) is 6.61 Å². The monoisotopic (exact) mass is 705 g/mol. The Bertz CT molecular complexity index is 601. The van der Waals surface area contributed by atoms with E-state index < -0.39 is 0 Å². The maximum Gasteiger partial charge on any atom is 0.305 e. The number of rotatable bonds is 45. The molecule has 0 aromatic rings. The first-order chi connectivity index (χ1) is 24.8. The summed E-state index contributed by atoms with van der Waals surface area (Å²) in [5.41, 5.74) is 0. The molecule has 0 atom stereocenters. The SMILES string of the molecule is CCCCCCCCCCCCCCCCCCCCCCCCCCCCCCCC(=O)OCCCCCCCCCCCCCCCC. The van der Waals surface area contributed by atoms with Gasteiger partial charge in [0.1, 0.15) is 0 Å². The van der Waals surface area contributed by atoms with E-state index in [4.69, 9.17) is 4.74 Å². The normalized spacial score (nSPS) is 11.5. The maximum absolute atomic E-state index is 12.0. The first kappa shape index (κ1) is 49.5. The van der Waals surface area contributed by atoms with Gasteiger partial charge in [-0.15, -0.1) is 0 Å². The van der Waals surface area contributed by atoms with E-state index in [0.717, 1.165) is 12.8 Å². The number of unbranched alkanes of at least 4 members (excludes halogenated alkanes) is 41. The van der Waals surface area contributed by atoms with E-state index in [-0.39, 0.29) is 5.97 Å². The zero-order chi connectivity index (χ0) is 36.1. The van der Waals surface area contributed by atoms with Crippen LogP contribution >= 0.6 is 0 Å². The summed E-state index contributed by atoms with van der Waals surface area (Å²) in [6.07, 6.45) is 60.9. The molecule has 0 fully saturated rings. The molecule has 2 nitrogen and oxygen atoms in total. The van der Waals surface area contributed by atoms with Crippen LogP contribution in [0.4, 0.5) is 0 Å². The van der Waals surface area contributed by atoms with Gasteiger partial charge < -0.3 is 4.74 Å². The van der Waals surface area contributed by atoms with Gasteiger partial charge in [-0.3, -0.25) is 4.79 Å². The summed E-state index contributed by atoms with van der Waals surface area (Å²) in [4.78, 5) is 12.0. The Morgan fingerprint density at radius 1 is 0.260 bits per heavy atom. The van der Waals surface area contributed by atoms with Crippen LogP contribution in [0.1, 0.15) is 296 Å². The number of esters is 1. The summed E-state index contributed by atoms with van der Waals surface area (Å²) in [5, 5.41) is 0. The summed E-state index contributed by atoms with van der Waals surface area (Å²) >= 11 is 0. The highest BCUT2D eigenvalue weighted by Gasteiger charge is 2.03. The van der Waals surface area contributed by atoms with Gasteiger partial charge in [0.05, 0.1) is 6.61 Å². The second-order valence-corrected chi connectivity index (χ2v) is 16.5. The van der Waals surface area contributed by atoms with Crippen molar-refractivity contribution in [3.05, 3.63) is 0 Å². The molecular formula is C48H96O2. The third-order valence-corrected chi connectivity index (χ3v) is 11.2. The minimum atomic E-state index is 0.0321. The molecule has 300 valence electrons. The second-order valence-electron chi connectivity index (χ2n) is 16.5. The second kappa shape index (κ2) is 46.5. The maximum atomic E-state index is 12.0. The predicted octanol–water partition coefficient (Wildman–Crippen LogP) is 17.7. The van der Waals surface area contributed by atoms with Crippen molar-refractivity contribution in [1.29, 1.82) is 0 Å². The quantitative estimate of drug-likeness (QED) is 0.0466. The fourth-order valence-corrected chi connectivity index (χ4v) is 7.67. The molecule has 0 rings (SSSR count). The average molecular weight is 705 g/mol. The third-order valence-electron chi connectivity index (χ3n) is 11.2. The van der Waals surface area contributed by atoms with E-state index in [1.54, 1.807) is 0 Å². The molecule has 0 aliphatic carbocycles.